The molecule has 0 saturated carbocycles. The fourth-order valence-corrected chi connectivity index (χ4v) is 3.36. The van der Waals surface area contributed by atoms with Crippen LogP contribution in [-0.2, 0) is 11.2 Å². The zero-order valence-corrected chi connectivity index (χ0v) is 13.5. The largest absolute Gasteiger partial charge is 0.304 e. The number of aromatic nitrogens is 1. The molecule has 0 spiro atoms. The van der Waals surface area contributed by atoms with Crippen LogP contribution in [0.1, 0.15) is 11.1 Å². The van der Waals surface area contributed by atoms with E-state index in [1.54, 1.807) is 6.20 Å². The minimum absolute atomic E-state index is 0.0451. The molecule has 1 unspecified atom stereocenters. The molecule has 1 amide bonds. The number of hydrogen-bond donors (Lipinski definition) is 1. The number of carbonyl (C=O) groups excluding carboxylic acids is 1. The number of carbonyl (C=O) groups is 1. The number of halogens is 1. The van der Waals surface area contributed by atoms with Crippen LogP contribution < -0.4 is 5.32 Å². The summed E-state index contributed by atoms with van der Waals surface area (Å²) in [7, 11) is 0. The molecule has 0 radical (unpaired) electrons. The lowest BCUT2D eigenvalue weighted by molar-refractivity contribution is -0.118. The maximum atomic E-state index is 12.1. The Kier molecular flexibility index (Phi) is 4.45. The highest BCUT2D eigenvalue weighted by Crippen LogP contribution is 2.27. The van der Waals surface area contributed by atoms with Crippen LogP contribution in [0.25, 0.3) is 0 Å². The monoisotopic (exact) mass is 331 g/mol. The summed E-state index contributed by atoms with van der Waals surface area (Å²) < 4.78 is 0. The lowest BCUT2D eigenvalue weighted by Crippen LogP contribution is -2.26. The second-order valence-electron chi connectivity index (χ2n) is 5.00. The number of rotatable bonds is 3. The zero-order chi connectivity index (χ0) is 15.5. The Morgan fingerprint density at radius 1 is 1.36 bits per heavy atom. The summed E-state index contributed by atoms with van der Waals surface area (Å²) in [5, 5.41) is 3.85. The van der Waals surface area contributed by atoms with Gasteiger partial charge in [-0.25, -0.2) is 9.98 Å². The van der Waals surface area contributed by atoms with Gasteiger partial charge in [0.05, 0.1) is 5.25 Å². The van der Waals surface area contributed by atoms with E-state index in [0.29, 0.717) is 22.4 Å². The van der Waals surface area contributed by atoms with Gasteiger partial charge < -0.3 is 5.32 Å². The summed E-state index contributed by atoms with van der Waals surface area (Å²) in [6.07, 6.45) is 2.29. The van der Waals surface area contributed by atoms with Crippen LogP contribution in [0.4, 0.5) is 5.82 Å². The molecule has 3 rings (SSSR count). The van der Waals surface area contributed by atoms with Gasteiger partial charge in [-0.2, -0.15) is 0 Å². The molecule has 0 aliphatic carbocycles. The first kappa shape index (κ1) is 15.1. The van der Waals surface area contributed by atoms with Gasteiger partial charge >= 0.3 is 0 Å². The van der Waals surface area contributed by atoms with Crippen molar-refractivity contribution in [1.82, 2.24) is 10.3 Å². The van der Waals surface area contributed by atoms with Gasteiger partial charge in [0, 0.05) is 11.2 Å². The van der Waals surface area contributed by atoms with Gasteiger partial charge in [-0.15, -0.1) is 0 Å². The smallest absolute Gasteiger partial charge is 0.239 e. The molecule has 112 valence electrons. The fraction of sp³-hybridized carbons (Fsp3) is 0.188. The third-order valence-corrected chi connectivity index (χ3v) is 4.71. The van der Waals surface area contributed by atoms with Gasteiger partial charge in [-0.3, -0.25) is 4.79 Å². The van der Waals surface area contributed by atoms with Crippen molar-refractivity contribution in [3.05, 3.63) is 58.7 Å². The van der Waals surface area contributed by atoms with Crippen molar-refractivity contribution in [2.75, 3.05) is 0 Å². The summed E-state index contributed by atoms with van der Waals surface area (Å²) in [5.74, 6) is 0.553. The molecule has 1 aliphatic rings. The molecule has 0 bridgehead atoms. The molecule has 2 aromatic rings. The first-order valence-corrected chi connectivity index (χ1v) is 8.10. The number of pyridine rings is 1. The van der Waals surface area contributed by atoms with Crippen molar-refractivity contribution < 1.29 is 4.79 Å². The number of hydrogen-bond acceptors (Lipinski definition) is 4. The Hall–Kier alpha value is -1.85. The van der Waals surface area contributed by atoms with Crippen LogP contribution in [0.2, 0.25) is 5.02 Å². The number of aryl methyl sites for hydroxylation is 1. The Morgan fingerprint density at radius 2 is 2.18 bits per heavy atom. The molecule has 1 fully saturated rings. The number of amides is 1. The Balaban J connectivity index is 1.75. The first-order valence-electron chi connectivity index (χ1n) is 6.84. The van der Waals surface area contributed by atoms with E-state index < -0.39 is 0 Å². The van der Waals surface area contributed by atoms with E-state index in [1.165, 1.54) is 11.8 Å². The van der Waals surface area contributed by atoms with Gasteiger partial charge in [-0.05, 0) is 42.7 Å². The molecule has 1 N–H and O–H groups in total. The average molecular weight is 332 g/mol. The van der Waals surface area contributed by atoms with Gasteiger partial charge in [0.15, 0.2) is 11.0 Å². The average Bonchev–Trinajstić information content (AvgIpc) is 2.81. The Bertz CT molecular complexity index is 748. The summed E-state index contributed by atoms with van der Waals surface area (Å²) in [4.78, 5) is 20.6. The maximum absolute atomic E-state index is 12.1. The zero-order valence-electron chi connectivity index (χ0n) is 11.9. The van der Waals surface area contributed by atoms with E-state index in [0.717, 1.165) is 11.1 Å². The van der Waals surface area contributed by atoms with Crippen molar-refractivity contribution >= 4 is 40.3 Å². The quantitative estimate of drug-likeness (QED) is 0.936. The number of amidine groups is 1. The van der Waals surface area contributed by atoms with Gasteiger partial charge in [0.1, 0.15) is 0 Å². The third-order valence-electron chi connectivity index (χ3n) is 3.26. The first-order chi connectivity index (χ1) is 10.6. The maximum Gasteiger partial charge on any atom is 0.239 e. The standard InChI is InChI=1S/C16H14ClN3OS/c1-10-6-7-18-14(8-10)19-16-20-15(21)13(22-16)9-11-4-2-3-5-12(11)17/h2-8,13H,9H2,1H3,(H,18,19,20,21). The summed E-state index contributed by atoms with van der Waals surface area (Å²) >= 11 is 7.57. The Morgan fingerprint density at radius 3 is 2.95 bits per heavy atom. The molecule has 1 saturated heterocycles. The van der Waals surface area contributed by atoms with Gasteiger partial charge in [0.25, 0.3) is 0 Å². The molecule has 4 nitrogen and oxygen atoms in total. The van der Waals surface area contributed by atoms with Crippen molar-refractivity contribution in [2.45, 2.75) is 18.6 Å². The van der Waals surface area contributed by atoms with E-state index in [4.69, 9.17) is 11.6 Å². The van der Waals surface area contributed by atoms with Crippen LogP contribution in [0.5, 0.6) is 0 Å². The van der Waals surface area contributed by atoms with E-state index in [1.807, 2.05) is 43.3 Å². The van der Waals surface area contributed by atoms with Crippen molar-refractivity contribution in [2.24, 2.45) is 4.99 Å². The number of benzene rings is 1. The predicted octanol–water partition coefficient (Wildman–Crippen LogP) is 3.51. The van der Waals surface area contributed by atoms with Crippen LogP contribution in [0, 0.1) is 6.92 Å². The van der Waals surface area contributed by atoms with E-state index in [-0.39, 0.29) is 11.2 Å². The number of nitrogens with one attached hydrogen (secondary N) is 1. The summed E-state index contributed by atoms with van der Waals surface area (Å²) in [6, 6.07) is 11.4. The second-order valence-corrected chi connectivity index (χ2v) is 6.60. The summed E-state index contributed by atoms with van der Waals surface area (Å²) in [6.45, 7) is 1.98. The number of aliphatic imine (C=N–C) groups is 1. The molecule has 1 aliphatic heterocycles. The topological polar surface area (TPSA) is 54.4 Å². The molecule has 6 heteroatoms. The van der Waals surface area contributed by atoms with E-state index >= 15 is 0 Å². The van der Waals surface area contributed by atoms with Gasteiger partial charge in [-0.1, -0.05) is 41.6 Å². The number of nitrogens with zero attached hydrogens (tertiary/aromatic N) is 2. The highest BCUT2D eigenvalue weighted by atomic mass is 35.5. The third kappa shape index (κ3) is 3.48. The van der Waals surface area contributed by atoms with Crippen molar-refractivity contribution in [3.8, 4) is 0 Å². The van der Waals surface area contributed by atoms with Crippen molar-refractivity contribution in [3.63, 3.8) is 0 Å². The Labute approximate surface area is 138 Å². The summed E-state index contributed by atoms with van der Waals surface area (Å²) in [5.41, 5.74) is 2.04. The second kappa shape index (κ2) is 6.50. The van der Waals surface area contributed by atoms with E-state index in [2.05, 4.69) is 15.3 Å². The van der Waals surface area contributed by atoms with Gasteiger partial charge in [0.2, 0.25) is 5.91 Å². The van der Waals surface area contributed by atoms with Crippen LogP contribution in [-0.4, -0.2) is 21.3 Å². The van der Waals surface area contributed by atoms with Crippen molar-refractivity contribution in [1.29, 1.82) is 0 Å². The number of thioether (sulfide) groups is 1. The molecular formula is C16H14ClN3OS. The SMILES string of the molecule is Cc1ccnc(N=C2NC(=O)C(Cc3ccccc3Cl)S2)c1. The van der Waals surface area contributed by atoms with Crippen LogP contribution in [0.15, 0.2) is 47.6 Å². The highest BCUT2D eigenvalue weighted by molar-refractivity contribution is 8.15. The normalized spacial score (nSPS) is 19.5. The minimum atomic E-state index is -0.219. The minimum Gasteiger partial charge on any atom is -0.304 e. The molecule has 22 heavy (non-hydrogen) atoms. The molecular weight excluding hydrogens is 318 g/mol. The molecule has 1 atom stereocenters. The lowest BCUT2D eigenvalue weighted by atomic mass is 10.1. The molecule has 2 heterocycles. The molecule has 1 aromatic heterocycles. The molecule has 1 aromatic carbocycles. The lowest BCUT2D eigenvalue weighted by Gasteiger charge is -2.06. The highest BCUT2D eigenvalue weighted by Gasteiger charge is 2.30. The fourth-order valence-electron chi connectivity index (χ4n) is 2.14. The van der Waals surface area contributed by atoms with Crippen LogP contribution >= 0.6 is 23.4 Å². The van der Waals surface area contributed by atoms with Crippen LogP contribution in [0.3, 0.4) is 0 Å². The van der Waals surface area contributed by atoms with E-state index in [9.17, 15) is 4.79 Å². The predicted molar refractivity (Wildman–Crippen MR) is 90.7 cm³/mol.